The predicted molar refractivity (Wildman–Crippen MR) is 143 cm³/mol. The Balaban J connectivity index is 1.50. The normalized spacial score (nSPS) is 26.0. The lowest BCUT2D eigenvalue weighted by Gasteiger charge is -2.43. The van der Waals surface area contributed by atoms with E-state index < -0.39 is 57.7 Å². The van der Waals surface area contributed by atoms with Crippen LogP contribution in [0.5, 0.6) is 11.8 Å². The quantitative estimate of drug-likeness (QED) is 0.409. The highest BCUT2D eigenvalue weighted by atomic mass is 35.5. The largest absolute Gasteiger partial charge is 0.486 e. The maximum absolute atomic E-state index is 16.7. The number of piperazine rings is 1. The number of anilines is 2. The molecule has 0 aliphatic carbocycles. The molecule has 6 heterocycles. The fourth-order valence-electron chi connectivity index (χ4n) is 6.57. The number of nitrogen functional groups attached to an aromatic ring is 1. The van der Waals surface area contributed by atoms with Crippen LogP contribution in [-0.2, 0) is 10.9 Å². The summed E-state index contributed by atoms with van der Waals surface area (Å²) in [6.07, 6.45) is -3.69. The van der Waals surface area contributed by atoms with Crippen LogP contribution in [0.4, 0.5) is 33.6 Å². The summed E-state index contributed by atoms with van der Waals surface area (Å²) in [6.45, 7) is 2.70. The molecule has 3 fully saturated rings. The van der Waals surface area contributed by atoms with Crippen molar-refractivity contribution in [2.24, 2.45) is 0 Å². The van der Waals surface area contributed by atoms with Crippen LogP contribution >= 0.6 is 11.6 Å². The highest BCUT2D eigenvalue weighted by Gasteiger charge is 2.48. The van der Waals surface area contributed by atoms with Gasteiger partial charge in [-0.2, -0.15) is 23.1 Å². The number of aromatic nitrogens is 3. The Morgan fingerprint density at radius 1 is 1.24 bits per heavy atom. The number of fused-ring (bicyclic) bond motifs is 5. The average Bonchev–Trinajstić information content (AvgIpc) is 3.21. The number of nitrogens with two attached hydrogens (primary N) is 1. The van der Waals surface area contributed by atoms with E-state index in [9.17, 15) is 17.6 Å². The van der Waals surface area contributed by atoms with Crippen molar-refractivity contribution in [2.75, 3.05) is 37.0 Å². The molecular formula is C27H26ClF5N6O3. The number of nitrogens with zero attached hydrogens (tertiary/aromatic N) is 4. The van der Waals surface area contributed by atoms with Crippen molar-refractivity contribution in [3.8, 4) is 23.0 Å². The Labute approximate surface area is 241 Å². The second-order valence-electron chi connectivity index (χ2n) is 11.4. The van der Waals surface area contributed by atoms with Gasteiger partial charge < -0.3 is 30.2 Å². The highest BCUT2D eigenvalue weighted by molar-refractivity contribution is 6.36. The van der Waals surface area contributed by atoms with Gasteiger partial charge in [-0.1, -0.05) is 11.6 Å². The lowest BCUT2D eigenvalue weighted by atomic mass is 9.98. The van der Waals surface area contributed by atoms with E-state index in [0.717, 1.165) is 18.9 Å². The third-order valence-electron chi connectivity index (χ3n) is 8.40. The summed E-state index contributed by atoms with van der Waals surface area (Å²) in [7, 11) is 0. The van der Waals surface area contributed by atoms with Crippen molar-refractivity contribution >= 4 is 34.1 Å². The van der Waals surface area contributed by atoms with Crippen LogP contribution < -0.4 is 25.4 Å². The Morgan fingerprint density at radius 2 is 2.00 bits per heavy atom. The molecular weight excluding hydrogens is 587 g/mol. The molecule has 0 radical (unpaired) electrons. The van der Waals surface area contributed by atoms with Gasteiger partial charge in [0, 0.05) is 18.6 Å². The van der Waals surface area contributed by atoms with Gasteiger partial charge in [-0.3, -0.25) is 0 Å². The van der Waals surface area contributed by atoms with Crippen LogP contribution in [0.3, 0.4) is 0 Å². The van der Waals surface area contributed by atoms with E-state index in [0.29, 0.717) is 6.54 Å². The fraction of sp³-hybridized carbons (Fsp3) is 0.519. The van der Waals surface area contributed by atoms with Gasteiger partial charge in [-0.05, 0) is 38.3 Å². The Morgan fingerprint density at radius 3 is 2.69 bits per heavy atom. The minimum Gasteiger partial charge on any atom is -0.486 e. The summed E-state index contributed by atoms with van der Waals surface area (Å²) in [5.74, 6) is -1.28. The van der Waals surface area contributed by atoms with Crippen LogP contribution in [0.2, 0.25) is 5.02 Å². The first-order valence-corrected chi connectivity index (χ1v) is 13.9. The summed E-state index contributed by atoms with van der Waals surface area (Å²) < 4.78 is 91.2. The number of alkyl halides is 4. The number of ether oxygens (including phenoxy) is 3. The van der Waals surface area contributed by atoms with Gasteiger partial charge >= 0.3 is 12.2 Å². The Kier molecular flexibility index (Phi) is 6.17. The molecule has 15 heteroatoms. The number of hydrogen-bond donors (Lipinski definition) is 2. The van der Waals surface area contributed by atoms with Crippen molar-refractivity contribution in [2.45, 2.75) is 62.8 Å². The first-order chi connectivity index (χ1) is 19.8. The molecule has 42 heavy (non-hydrogen) atoms. The fourth-order valence-corrected chi connectivity index (χ4v) is 6.88. The number of nitrogens with one attached hydrogen (secondary N) is 1. The second kappa shape index (κ2) is 9.38. The molecule has 4 aliphatic rings. The van der Waals surface area contributed by atoms with Crippen molar-refractivity contribution < 1.29 is 36.2 Å². The number of rotatable bonds is 4. The molecule has 224 valence electrons. The van der Waals surface area contributed by atoms with Crippen LogP contribution in [0, 0.1) is 12.7 Å². The van der Waals surface area contributed by atoms with E-state index in [2.05, 4.69) is 20.3 Å². The predicted octanol–water partition coefficient (Wildman–Crippen LogP) is 4.60. The summed E-state index contributed by atoms with van der Waals surface area (Å²) in [5.41, 5.74) is 0.757. The Bertz CT molecular complexity index is 1620. The lowest BCUT2D eigenvalue weighted by molar-refractivity contribution is -0.146. The molecule has 3 saturated heterocycles. The van der Waals surface area contributed by atoms with E-state index in [-0.39, 0.29) is 65.7 Å². The standard InChI is InChI=1S/C27H26ClF5N6O3/c1-10-5-14(34)36-20(17(10)27(31,32)33)15-18(28)23-16-21(19(15)29)37-25(41-9-26(30)7-40-8-26)38-24(16)39-6-12-3-4-13(35-12)22(39)11(2)42-23/h5,11-13,22,35H,3-4,6-9H2,1-2H3,(H2,34,36)/t11-,12+,13-,22+/m0/s1. The van der Waals surface area contributed by atoms with Crippen molar-refractivity contribution in [1.82, 2.24) is 20.3 Å². The third kappa shape index (κ3) is 4.21. The molecule has 3 N–H and O–H groups in total. The maximum Gasteiger partial charge on any atom is 0.418 e. The zero-order valence-corrected chi connectivity index (χ0v) is 23.2. The molecule has 0 amide bonds. The topological polar surface area (TPSA) is 108 Å². The molecule has 3 aromatic rings. The molecule has 2 bridgehead atoms. The summed E-state index contributed by atoms with van der Waals surface area (Å²) in [4.78, 5) is 14.7. The molecule has 4 aliphatic heterocycles. The molecule has 4 atom stereocenters. The number of benzene rings is 1. The number of aryl methyl sites for hydroxylation is 1. The molecule has 0 saturated carbocycles. The SMILES string of the molecule is Cc1cc(N)nc(-c2c(Cl)c3c4c(nc(OCC5(F)COC5)nc4c2F)N2C[C@H]4CC[C@H](N4)[C@H]2[C@H](C)O3)c1C(F)(F)F. The highest BCUT2D eigenvalue weighted by Crippen LogP contribution is 2.52. The van der Waals surface area contributed by atoms with Crippen LogP contribution in [0.25, 0.3) is 22.2 Å². The van der Waals surface area contributed by atoms with Crippen LogP contribution in [-0.4, -0.2) is 71.2 Å². The molecule has 1 aromatic carbocycles. The van der Waals surface area contributed by atoms with Gasteiger partial charge in [0.15, 0.2) is 17.2 Å². The van der Waals surface area contributed by atoms with Crippen molar-refractivity contribution in [3.05, 3.63) is 28.0 Å². The second-order valence-corrected chi connectivity index (χ2v) is 11.8. The first kappa shape index (κ1) is 27.6. The minimum atomic E-state index is -4.91. The van der Waals surface area contributed by atoms with E-state index in [1.807, 2.05) is 11.8 Å². The zero-order valence-electron chi connectivity index (χ0n) is 22.5. The first-order valence-electron chi connectivity index (χ1n) is 13.5. The number of halogens is 6. The smallest absolute Gasteiger partial charge is 0.418 e. The summed E-state index contributed by atoms with van der Waals surface area (Å²) in [6, 6.07) is 0.559. The molecule has 0 spiro atoms. The Hall–Kier alpha value is -3.23. The molecule has 0 unspecified atom stereocenters. The van der Waals surface area contributed by atoms with Crippen molar-refractivity contribution in [3.63, 3.8) is 0 Å². The number of pyridine rings is 1. The monoisotopic (exact) mass is 612 g/mol. The lowest BCUT2D eigenvalue weighted by Crippen LogP contribution is -2.62. The number of hydrogen-bond acceptors (Lipinski definition) is 9. The minimum absolute atomic E-state index is 0.00171. The summed E-state index contributed by atoms with van der Waals surface area (Å²) >= 11 is 6.76. The van der Waals surface area contributed by atoms with Gasteiger partial charge in [0.25, 0.3) is 0 Å². The van der Waals surface area contributed by atoms with E-state index in [1.165, 1.54) is 6.92 Å². The van der Waals surface area contributed by atoms with Crippen molar-refractivity contribution in [1.29, 1.82) is 0 Å². The van der Waals surface area contributed by atoms with Gasteiger partial charge in [-0.25, -0.2) is 13.8 Å². The van der Waals surface area contributed by atoms with Gasteiger partial charge in [0.05, 0.1) is 46.5 Å². The van der Waals surface area contributed by atoms with Crippen LogP contribution in [0.15, 0.2) is 6.07 Å². The van der Waals surface area contributed by atoms with E-state index >= 15 is 4.39 Å². The maximum atomic E-state index is 16.7. The van der Waals surface area contributed by atoms with Gasteiger partial charge in [-0.15, -0.1) is 0 Å². The average molecular weight is 613 g/mol. The van der Waals surface area contributed by atoms with E-state index in [4.69, 9.17) is 31.5 Å². The molecule has 9 nitrogen and oxygen atoms in total. The van der Waals surface area contributed by atoms with Gasteiger partial charge in [0.2, 0.25) is 0 Å². The van der Waals surface area contributed by atoms with E-state index in [1.54, 1.807) is 0 Å². The zero-order chi connectivity index (χ0) is 29.7. The van der Waals surface area contributed by atoms with Crippen LogP contribution in [0.1, 0.15) is 30.9 Å². The molecule has 2 aromatic heterocycles. The third-order valence-corrected chi connectivity index (χ3v) is 8.76. The summed E-state index contributed by atoms with van der Waals surface area (Å²) in [5, 5.41) is 3.23. The van der Waals surface area contributed by atoms with Gasteiger partial charge in [0.1, 0.15) is 29.9 Å². The molecule has 7 rings (SSSR count).